The molecule has 2 atom stereocenters. The molecular formula is C15H21N3O3. The smallest absolute Gasteiger partial charge is 0.328 e. The van der Waals surface area contributed by atoms with E-state index in [1.807, 2.05) is 19.1 Å². The van der Waals surface area contributed by atoms with Gasteiger partial charge in [0.25, 0.3) is 0 Å². The molecule has 2 amide bonds. The summed E-state index contributed by atoms with van der Waals surface area (Å²) >= 11 is 0. The average molecular weight is 291 g/mol. The van der Waals surface area contributed by atoms with E-state index in [0.717, 1.165) is 12.0 Å². The van der Waals surface area contributed by atoms with E-state index >= 15 is 0 Å². The molecule has 1 aromatic carbocycles. The number of nitrogens with zero attached hydrogens (tertiary/aromatic N) is 1. The highest BCUT2D eigenvalue weighted by atomic mass is 16.5. The number of methoxy groups -OCH3 is 1. The quantitative estimate of drug-likeness (QED) is 0.833. The van der Waals surface area contributed by atoms with Gasteiger partial charge in [-0.1, -0.05) is 12.1 Å². The van der Waals surface area contributed by atoms with Gasteiger partial charge in [-0.25, -0.2) is 9.59 Å². The van der Waals surface area contributed by atoms with E-state index < -0.39 is 6.04 Å². The van der Waals surface area contributed by atoms with Crippen molar-refractivity contribution in [2.75, 3.05) is 19.0 Å². The summed E-state index contributed by atoms with van der Waals surface area (Å²) in [4.78, 5) is 25.4. The molecule has 1 heterocycles. The van der Waals surface area contributed by atoms with Gasteiger partial charge in [0.05, 0.1) is 7.11 Å². The van der Waals surface area contributed by atoms with Crippen molar-refractivity contribution in [1.29, 1.82) is 0 Å². The van der Waals surface area contributed by atoms with Crippen molar-refractivity contribution in [1.82, 2.24) is 4.90 Å². The summed E-state index contributed by atoms with van der Waals surface area (Å²) in [5.41, 5.74) is 7.47. The lowest BCUT2D eigenvalue weighted by Crippen LogP contribution is -2.43. The monoisotopic (exact) mass is 291 g/mol. The lowest BCUT2D eigenvalue weighted by atomic mass is 10.1. The second-order valence-electron chi connectivity index (χ2n) is 5.22. The summed E-state index contributed by atoms with van der Waals surface area (Å²) in [6.45, 7) is 2.46. The normalized spacial score (nSPS) is 19.2. The molecule has 0 spiro atoms. The summed E-state index contributed by atoms with van der Waals surface area (Å²) in [7, 11) is 1.34. The Morgan fingerprint density at radius 2 is 2.05 bits per heavy atom. The van der Waals surface area contributed by atoms with E-state index in [0.29, 0.717) is 18.7 Å². The molecule has 0 radical (unpaired) electrons. The highest BCUT2D eigenvalue weighted by Gasteiger charge is 2.34. The van der Waals surface area contributed by atoms with Crippen molar-refractivity contribution in [3.8, 4) is 0 Å². The first-order chi connectivity index (χ1) is 10.0. The number of rotatable bonds is 3. The van der Waals surface area contributed by atoms with E-state index in [9.17, 15) is 9.59 Å². The molecule has 1 aliphatic rings. The van der Waals surface area contributed by atoms with Crippen LogP contribution < -0.4 is 11.1 Å². The number of hydrogen-bond donors (Lipinski definition) is 2. The molecule has 1 aromatic rings. The average Bonchev–Trinajstić information content (AvgIpc) is 2.96. The number of nitrogens with one attached hydrogen (secondary N) is 1. The molecule has 2 unspecified atom stereocenters. The fourth-order valence-corrected chi connectivity index (χ4v) is 2.46. The SMILES string of the molecule is COC(=O)C1CCCN1C(=O)Nc1ccc(C(C)N)cc1. The van der Waals surface area contributed by atoms with Crippen LogP contribution in [0, 0.1) is 0 Å². The van der Waals surface area contributed by atoms with Crippen LogP contribution in [0.5, 0.6) is 0 Å². The van der Waals surface area contributed by atoms with Gasteiger partial charge in [-0.05, 0) is 37.5 Å². The zero-order valence-electron chi connectivity index (χ0n) is 12.3. The van der Waals surface area contributed by atoms with Crippen LogP contribution in [0.2, 0.25) is 0 Å². The Labute approximate surface area is 124 Å². The first-order valence-electron chi connectivity index (χ1n) is 7.04. The van der Waals surface area contributed by atoms with E-state index in [-0.39, 0.29) is 18.0 Å². The van der Waals surface area contributed by atoms with Gasteiger partial charge in [-0.15, -0.1) is 0 Å². The largest absolute Gasteiger partial charge is 0.467 e. The van der Waals surface area contributed by atoms with Crippen molar-refractivity contribution in [2.45, 2.75) is 31.8 Å². The summed E-state index contributed by atoms with van der Waals surface area (Å²) < 4.78 is 4.73. The van der Waals surface area contributed by atoms with Crippen LogP contribution >= 0.6 is 0 Å². The molecule has 114 valence electrons. The van der Waals surface area contributed by atoms with Gasteiger partial charge in [0.1, 0.15) is 6.04 Å². The number of anilines is 1. The fourth-order valence-electron chi connectivity index (χ4n) is 2.46. The van der Waals surface area contributed by atoms with Crippen LogP contribution in [0.25, 0.3) is 0 Å². The zero-order valence-corrected chi connectivity index (χ0v) is 12.3. The van der Waals surface area contributed by atoms with Crippen LogP contribution in [0.3, 0.4) is 0 Å². The maximum absolute atomic E-state index is 12.2. The molecule has 3 N–H and O–H groups in total. The van der Waals surface area contributed by atoms with E-state index in [1.165, 1.54) is 12.0 Å². The van der Waals surface area contributed by atoms with Gasteiger partial charge in [0.2, 0.25) is 0 Å². The molecule has 1 aliphatic heterocycles. The third kappa shape index (κ3) is 3.52. The highest BCUT2D eigenvalue weighted by Crippen LogP contribution is 2.20. The Kier molecular flexibility index (Phi) is 4.80. The molecule has 6 nitrogen and oxygen atoms in total. The predicted octanol–water partition coefficient (Wildman–Crippen LogP) is 1.88. The number of hydrogen-bond acceptors (Lipinski definition) is 4. The Bertz CT molecular complexity index is 513. The number of amides is 2. The van der Waals surface area contributed by atoms with Gasteiger partial charge in [-0.3, -0.25) is 0 Å². The second kappa shape index (κ2) is 6.58. The fraction of sp³-hybridized carbons (Fsp3) is 0.467. The topological polar surface area (TPSA) is 84.7 Å². The number of benzene rings is 1. The number of likely N-dealkylation sites (tertiary alicyclic amines) is 1. The van der Waals surface area contributed by atoms with Crippen molar-refractivity contribution in [2.24, 2.45) is 5.73 Å². The summed E-state index contributed by atoms with van der Waals surface area (Å²) in [6, 6.07) is 6.55. The number of carbonyl (C=O) groups is 2. The first kappa shape index (κ1) is 15.3. The molecule has 0 saturated carbocycles. The number of carbonyl (C=O) groups excluding carboxylic acids is 2. The molecule has 6 heteroatoms. The molecule has 1 saturated heterocycles. The lowest BCUT2D eigenvalue weighted by Gasteiger charge is -2.23. The minimum Gasteiger partial charge on any atom is -0.467 e. The molecule has 21 heavy (non-hydrogen) atoms. The second-order valence-corrected chi connectivity index (χ2v) is 5.22. The summed E-state index contributed by atoms with van der Waals surface area (Å²) in [6.07, 6.45) is 1.44. The minimum atomic E-state index is -0.488. The van der Waals surface area contributed by atoms with Crippen molar-refractivity contribution >= 4 is 17.7 Å². The number of urea groups is 1. The van der Waals surface area contributed by atoms with Gasteiger partial charge >= 0.3 is 12.0 Å². The molecule has 0 bridgehead atoms. The Morgan fingerprint density at radius 3 is 2.62 bits per heavy atom. The van der Waals surface area contributed by atoms with Crippen molar-refractivity contribution in [3.63, 3.8) is 0 Å². The maximum atomic E-state index is 12.2. The number of esters is 1. The molecule has 0 aromatic heterocycles. The number of ether oxygens (including phenoxy) is 1. The summed E-state index contributed by atoms with van der Waals surface area (Å²) in [5, 5.41) is 2.80. The van der Waals surface area contributed by atoms with Crippen LogP contribution in [0.1, 0.15) is 31.4 Å². The lowest BCUT2D eigenvalue weighted by molar-refractivity contribution is -0.144. The third-order valence-electron chi connectivity index (χ3n) is 3.67. The van der Waals surface area contributed by atoms with E-state index in [4.69, 9.17) is 10.5 Å². The Hall–Kier alpha value is -2.08. The van der Waals surface area contributed by atoms with E-state index in [2.05, 4.69) is 5.32 Å². The molecule has 0 aliphatic carbocycles. The van der Waals surface area contributed by atoms with Gasteiger partial charge in [-0.2, -0.15) is 0 Å². The predicted molar refractivity (Wildman–Crippen MR) is 79.8 cm³/mol. The molecular weight excluding hydrogens is 270 g/mol. The van der Waals surface area contributed by atoms with Crippen LogP contribution in [0.4, 0.5) is 10.5 Å². The highest BCUT2D eigenvalue weighted by molar-refractivity contribution is 5.93. The third-order valence-corrected chi connectivity index (χ3v) is 3.67. The summed E-state index contributed by atoms with van der Waals surface area (Å²) in [5.74, 6) is -0.366. The van der Waals surface area contributed by atoms with Crippen LogP contribution in [0.15, 0.2) is 24.3 Å². The Balaban J connectivity index is 2.02. The van der Waals surface area contributed by atoms with Gasteiger partial charge in [0, 0.05) is 18.3 Å². The number of nitrogens with two attached hydrogens (primary N) is 1. The minimum absolute atomic E-state index is 0.0444. The Morgan fingerprint density at radius 1 is 1.38 bits per heavy atom. The molecule has 2 rings (SSSR count). The van der Waals surface area contributed by atoms with E-state index in [1.54, 1.807) is 12.1 Å². The first-order valence-corrected chi connectivity index (χ1v) is 7.04. The van der Waals surface area contributed by atoms with Gasteiger partial charge in [0.15, 0.2) is 0 Å². The maximum Gasteiger partial charge on any atom is 0.328 e. The van der Waals surface area contributed by atoms with Crippen molar-refractivity contribution < 1.29 is 14.3 Å². The van der Waals surface area contributed by atoms with Crippen LogP contribution in [-0.4, -0.2) is 36.6 Å². The molecule has 1 fully saturated rings. The van der Waals surface area contributed by atoms with Crippen LogP contribution in [-0.2, 0) is 9.53 Å². The van der Waals surface area contributed by atoms with Gasteiger partial charge < -0.3 is 20.7 Å². The zero-order chi connectivity index (χ0) is 15.4. The van der Waals surface area contributed by atoms with Crippen molar-refractivity contribution in [3.05, 3.63) is 29.8 Å². The standard InChI is InChI=1S/C15H21N3O3/c1-10(16)11-5-7-12(8-6-11)17-15(20)18-9-3-4-13(18)14(19)21-2/h5-8,10,13H,3-4,9,16H2,1-2H3,(H,17,20).